The van der Waals surface area contributed by atoms with E-state index in [4.69, 9.17) is 14.5 Å². The number of hydrogen-bond donors (Lipinski definition) is 0. The highest BCUT2D eigenvalue weighted by Crippen LogP contribution is 2.33. The number of aromatic nitrogens is 1. The van der Waals surface area contributed by atoms with Crippen LogP contribution in [0.2, 0.25) is 0 Å². The predicted octanol–water partition coefficient (Wildman–Crippen LogP) is 4.89. The number of ether oxygens (including phenoxy) is 2. The maximum absolute atomic E-state index is 13.4. The van der Waals surface area contributed by atoms with E-state index < -0.39 is 0 Å². The molecule has 0 bridgehead atoms. The van der Waals surface area contributed by atoms with Crippen molar-refractivity contribution in [3.05, 3.63) is 52.5 Å². The van der Waals surface area contributed by atoms with Crippen LogP contribution in [0.1, 0.15) is 23.2 Å². The highest BCUT2D eigenvalue weighted by atomic mass is 79.9. The second-order valence-electron chi connectivity index (χ2n) is 6.36. The minimum absolute atomic E-state index is 0.0300. The van der Waals surface area contributed by atoms with Crippen molar-refractivity contribution >= 4 is 48.5 Å². The second kappa shape index (κ2) is 7.96. The molecule has 1 aromatic heterocycles. The summed E-state index contributed by atoms with van der Waals surface area (Å²) in [7, 11) is 1.58. The van der Waals surface area contributed by atoms with Crippen LogP contribution < -0.4 is 9.64 Å². The summed E-state index contributed by atoms with van der Waals surface area (Å²) >= 11 is 5.00. The Balaban J connectivity index is 1.74. The molecule has 3 aromatic rings. The van der Waals surface area contributed by atoms with Crippen molar-refractivity contribution in [2.75, 3.05) is 25.2 Å². The lowest BCUT2D eigenvalue weighted by Gasteiger charge is -2.23. The van der Waals surface area contributed by atoms with E-state index in [1.165, 1.54) is 11.3 Å². The van der Waals surface area contributed by atoms with Crippen molar-refractivity contribution in [3.8, 4) is 5.75 Å². The lowest BCUT2D eigenvalue weighted by Crippen LogP contribution is -2.37. The van der Waals surface area contributed by atoms with Crippen LogP contribution >= 0.6 is 27.3 Å². The third-order valence-electron chi connectivity index (χ3n) is 4.56. The molecule has 1 unspecified atom stereocenters. The van der Waals surface area contributed by atoms with Crippen molar-refractivity contribution in [2.24, 2.45) is 0 Å². The summed E-state index contributed by atoms with van der Waals surface area (Å²) < 4.78 is 13.2. The molecule has 1 amide bonds. The molecule has 1 aliphatic heterocycles. The van der Waals surface area contributed by atoms with Gasteiger partial charge in [0.05, 0.1) is 35.5 Å². The van der Waals surface area contributed by atoms with Crippen LogP contribution in [0.25, 0.3) is 10.2 Å². The Kier molecular flexibility index (Phi) is 5.43. The Morgan fingerprint density at radius 1 is 1.37 bits per heavy atom. The number of methoxy groups -OCH3 is 1. The van der Waals surface area contributed by atoms with E-state index in [-0.39, 0.29) is 12.0 Å². The number of rotatable bonds is 5. The number of thiazole rings is 1. The van der Waals surface area contributed by atoms with Gasteiger partial charge in [0.25, 0.3) is 5.91 Å². The molecular formula is C20H19BrN2O3S. The number of carbonyl (C=O) groups is 1. The summed E-state index contributed by atoms with van der Waals surface area (Å²) in [5.74, 6) is 0.435. The van der Waals surface area contributed by atoms with Crippen LogP contribution in [0.4, 0.5) is 5.13 Å². The fourth-order valence-corrected chi connectivity index (χ4v) is 4.73. The number of nitrogens with zero attached hydrogens (tertiary/aromatic N) is 2. The number of halogens is 1. The zero-order valence-electron chi connectivity index (χ0n) is 14.9. The molecule has 0 radical (unpaired) electrons. The largest absolute Gasteiger partial charge is 0.496 e. The zero-order chi connectivity index (χ0) is 18.8. The smallest absolute Gasteiger partial charge is 0.263 e. The average Bonchev–Trinajstić information content (AvgIpc) is 3.34. The molecule has 140 valence electrons. The molecule has 1 atom stereocenters. The van der Waals surface area contributed by atoms with Gasteiger partial charge in [-0.25, -0.2) is 4.98 Å². The number of anilines is 1. The molecule has 1 saturated heterocycles. The molecule has 4 rings (SSSR count). The van der Waals surface area contributed by atoms with E-state index in [0.717, 1.165) is 34.1 Å². The minimum atomic E-state index is -0.124. The lowest BCUT2D eigenvalue weighted by molar-refractivity contribution is 0.0915. The number of amides is 1. The van der Waals surface area contributed by atoms with Gasteiger partial charge in [-0.2, -0.15) is 0 Å². The van der Waals surface area contributed by atoms with E-state index in [2.05, 4.69) is 15.9 Å². The van der Waals surface area contributed by atoms with Crippen molar-refractivity contribution in [2.45, 2.75) is 18.9 Å². The Morgan fingerprint density at radius 2 is 2.22 bits per heavy atom. The highest BCUT2D eigenvalue weighted by molar-refractivity contribution is 9.10. The summed E-state index contributed by atoms with van der Waals surface area (Å²) in [5.41, 5.74) is 1.40. The molecule has 1 fully saturated rings. The maximum atomic E-state index is 13.4. The molecule has 1 aliphatic rings. The topological polar surface area (TPSA) is 51.7 Å². The SMILES string of the molecule is COc1ccccc1C(=O)N(CC1CCCO1)c1nc2ccc(Br)cc2s1. The van der Waals surface area contributed by atoms with Gasteiger partial charge in [0.1, 0.15) is 5.75 Å². The third kappa shape index (κ3) is 3.85. The first-order chi connectivity index (χ1) is 13.2. The van der Waals surface area contributed by atoms with Crippen LogP contribution in [0.5, 0.6) is 5.75 Å². The number of benzene rings is 2. The monoisotopic (exact) mass is 446 g/mol. The molecule has 0 aliphatic carbocycles. The Hall–Kier alpha value is -1.96. The van der Waals surface area contributed by atoms with Crippen LogP contribution in [-0.4, -0.2) is 37.3 Å². The summed E-state index contributed by atoms with van der Waals surface area (Å²) in [5, 5.41) is 0.675. The van der Waals surface area contributed by atoms with Gasteiger partial charge in [0, 0.05) is 11.1 Å². The van der Waals surface area contributed by atoms with Gasteiger partial charge in [-0.05, 0) is 43.2 Å². The van der Waals surface area contributed by atoms with E-state index in [1.54, 1.807) is 24.1 Å². The van der Waals surface area contributed by atoms with Gasteiger partial charge in [0.2, 0.25) is 0 Å². The normalized spacial score (nSPS) is 16.6. The standard InChI is InChI=1S/C20H19BrN2O3S/c1-25-17-7-3-2-6-15(17)19(24)23(12-14-5-4-10-26-14)20-22-16-9-8-13(21)11-18(16)27-20/h2-3,6-9,11,14H,4-5,10,12H2,1H3. The van der Waals surface area contributed by atoms with Gasteiger partial charge < -0.3 is 9.47 Å². The fourth-order valence-electron chi connectivity index (χ4n) is 3.21. The molecule has 2 aromatic carbocycles. The van der Waals surface area contributed by atoms with Crippen molar-refractivity contribution < 1.29 is 14.3 Å². The minimum Gasteiger partial charge on any atom is -0.496 e. The maximum Gasteiger partial charge on any atom is 0.263 e. The Bertz CT molecular complexity index is 969. The first-order valence-electron chi connectivity index (χ1n) is 8.78. The van der Waals surface area contributed by atoms with E-state index in [0.29, 0.717) is 23.0 Å². The van der Waals surface area contributed by atoms with Crippen LogP contribution in [0.15, 0.2) is 46.9 Å². The molecule has 7 heteroatoms. The predicted molar refractivity (Wildman–Crippen MR) is 111 cm³/mol. The fraction of sp³-hybridized carbons (Fsp3) is 0.300. The van der Waals surface area contributed by atoms with E-state index in [9.17, 15) is 4.79 Å². The van der Waals surface area contributed by atoms with Gasteiger partial charge in [0.15, 0.2) is 5.13 Å². The third-order valence-corrected chi connectivity index (χ3v) is 6.10. The summed E-state index contributed by atoms with van der Waals surface area (Å²) in [6.45, 7) is 1.23. The van der Waals surface area contributed by atoms with E-state index in [1.807, 2.05) is 30.3 Å². The molecule has 5 nitrogen and oxygen atoms in total. The molecular weight excluding hydrogens is 428 g/mol. The Labute approximate surface area is 170 Å². The first kappa shape index (κ1) is 18.4. The molecule has 0 N–H and O–H groups in total. The number of fused-ring (bicyclic) bond motifs is 1. The van der Waals surface area contributed by atoms with Gasteiger partial charge in [-0.15, -0.1) is 0 Å². The summed E-state index contributed by atoms with van der Waals surface area (Å²) in [6.07, 6.45) is 2.00. The van der Waals surface area contributed by atoms with Crippen LogP contribution in [0, 0.1) is 0 Å². The van der Waals surface area contributed by atoms with Gasteiger partial charge >= 0.3 is 0 Å². The van der Waals surface area contributed by atoms with Crippen LogP contribution in [0.3, 0.4) is 0 Å². The number of para-hydroxylation sites is 1. The van der Waals surface area contributed by atoms with Crippen LogP contribution in [-0.2, 0) is 4.74 Å². The van der Waals surface area contributed by atoms with Crippen molar-refractivity contribution in [3.63, 3.8) is 0 Å². The number of carbonyl (C=O) groups excluding carboxylic acids is 1. The second-order valence-corrected chi connectivity index (χ2v) is 8.28. The molecule has 2 heterocycles. The lowest BCUT2D eigenvalue weighted by atomic mass is 10.1. The molecule has 0 spiro atoms. The highest BCUT2D eigenvalue weighted by Gasteiger charge is 2.28. The summed E-state index contributed by atoms with van der Waals surface area (Å²) in [6, 6.07) is 13.2. The summed E-state index contributed by atoms with van der Waals surface area (Å²) in [4.78, 5) is 19.8. The Morgan fingerprint density at radius 3 is 3.00 bits per heavy atom. The molecule has 0 saturated carbocycles. The van der Waals surface area contributed by atoms with Gasteiger partial charge in [-0.3, -0.25) is 9.69 Å². The van der Waals surface area contributed by atoms with Crippen molar-refractivity contribution in [1.82, 2.24) is 4.98 Å². The van der Waals surface area contributed by atoms with E-state index >= 15 is 0 Å². The van der Waals surface area contributed by atoms with Gasteiger partial charge in [-0.1, -0.05) is 39.4 Å². The van der Waals surface area contributed by atoms with Crippen molar-refractivity contribution in [1.29, 1.82) is 0 Å². The molecule has 27 heavy (non-hydrogen) atoms. The average molecular weight is 447 g/mol. The quantitative estimate of drug-likeness (QED) is 0.559. The first-order valence-corrected chi connectivity index (χ1v) is 10.4. The zero-order valence-corrected chi connectivity index (χ0v) is 17.3. The number of hydrogen-bond acceptors (Lipinski definition) is 5.